The number of ether oxygens (including phenoxy) is 2. The molecule has 0 fully saturated rings. The number of nitrogens with two attached hydrogens (primary N) is 1. The van der Waals surface area contributed by atoms with E-state index in [0.29, 0.717) is 37.2 Å². The molecule has 6 heteroatoms. The highest BCUT2D eigenvalue weighted by molar-refractivity contribution is 7.91. The summed E-state index contributed by atoms with van der Waals surface area (Å²) in [6.45, 7) is 6.22. The lowest BCUT2D eigenvalue weighted by Gasteiger charge is -2.08. The molecule has 0 aliphatic carbocycles. The third kappa shape index (κ3) is 7.04. The van der Waals surface area contributed by atoms with Gasteiger partial charge in [0.2, 0.25) is 0 Å². The number of hydrogen-bond acceptors (Lipinski definition) is 5. The molecule has 0 heterocycles. The zero-order valence-electron chi connectivity index (χ0n) is 12.7. The van der Waals surface area contributed by atoms with Crippen LogP contribution < -0.4 is 5.73 Å². The first-order chi connectivity index (χ1) is 9.95. The van der Waals surface area contributed by atoms with E-state index in [1.165, 1.54) is 0 Å². The largest absolute Gasteiger partial charge is 0.379 e. The Labute approximate surface area is 127 Å². The van der Waals surface area contributed by atoms with Crippen LogP contribution in [0.4, 0.5) is 0 Å². The molecule has 2 N–H and O–H groups in total. The predicted octanol–water partition coefficient (Wildman–Crippen LogP) is 1.61. The zero-order valence-corrected chi connectivity index (χ0v) is 13.6. The third-order valence-corrected chi connectivity index (χ3v) is 4.49. The van der Waals surface area contributed by atoms with Crippen LogP contribution in [-0.4, -0.2) is 40.6 Å². The summed E-state index contributed by atoms with van der Waals surface area (Å²) in [5.41, 5.74) is 6.32. The van der Waals surface area contributed by atoms with Crippen LogP contribution in [-0.2, 0) is 25.9 Å². The average Bonchev–Trinajstić information content (AvgIpc) is 2.46. The SMILES string of the molecule is CC(C)COCCOCCS(=O)(=O)c1cccc(CN)c1. The van der Waals surface area contributed by atoms with Crippen LogP contribution in [0.5, 0.6) is 0 Å². The van der Waals surface area contributed by atoms with Gasteiger partial charge in [0.15, 0.2) is 9.84 Å². The van der Waals surface area contributed by atoms with Gasteiger partial charge in [-0.25, -0.2) is 8.42 Å². The summed E-state index contributed by atoms with van der Waals surface area (Å²) >= 11 is 0. The van der Waals surface area contributed by atoms with Crippen molar-refractivity contribution in [3.05, 3.63) is 29.8 Å². The van der Waals surface area contributed by atoms with Crippen LogP contribution in [0.1, 0.15) is 19.4 Å². The maximum absolute atomic E-state index is 12.1. The van der Waals surface area contributed by atoms with Gasteiger partial charge in [-0.3, -0.25) is 0 Å². The molecule has 0 aliphatic rings. The van der Waals surface area contributed by atoms with Crippen molar-refractivity contribution < 1.29 is 17.9 Å². The van der Waals surface area contributed by atoms with E-state index in [0.717, 1.165) is 5.56 Å². The molecule has 0 saturated carbocycles. The summed E-state index contributed by atoms with van der Waals surface area (Å²) in [4.78, 5) is 0.296. The van der Waals surface area contributed by atoms with Crippen molar-refractivity contribution >= 4 is 9.84 Å². The maximum Gasteiger partial charge on any atom is 0.180 e. The van der Waals surface area contributed by atoms with Gasteiger partial charge in [-0.1, -0.05) is 26.0 Å². The number of hydrogen-bond donors (Lipinski definition) is 1. The minimum Gasteiger partial charge on any atom is -0.379 e. The fourth-order valence-corrected chi connectivity index (χ4v) is 2.88. The van der Waals surface area contributed by atoms with E-state index in [1.807, 2.05) is 6.07 Å². The Hall–Kier alpha value is -0.950. The first-order valence-electron chi connectivity index (χ1n) is 7.13. The molecule has 1 aromatic rings. The van der Waals surface area contributed by atoms with Gasteiger partial charge in [0.1, 0.15) is 0 Å². The lowest BCUT2D eigenvalue weighted by Crippen LogP contribution is -2.15. The van der Waals surface area contributed by atoms with Crippen LogP contribution in [0, 0.1) is 5.92 Å². The summed E-state index contributed by atoms with van der Waals surface area (Å²) in [7, 11) is -3.32. The fraction of sp³-hybridized carbons (Fsp3) is 0.600. The maximum atomic E-state index is 12.1. The van der Waals surface area contributed by atoms with Crippen molar-refractivity contribution in [2.45, 2.75) is 25.3 Å². The van der Waals surface area contributed by atoms with Crippen molar-refractivity contribution in [2.75, 3.05) is 32.2 Å². The number of benzene rings is 1. The van der Waals surface area contributed by atoms with Crippen molar-refractivity contribution in [3.8, 4) is 0 Å². The van der Waals surface area contributed by atoms with Gasteiger partial charge in [0.05, 0.1) is 30.5 Å². The normalized spacial score (nSPS) is 12.0. The molecule has 0 bridgehead atoms. The molecule has 0 unspecified atom stereocenters. The van der Waals surface area contributed by atoms with Gasteiger partial charge in [-0.15, -0.1) is 0 Å². The Morgan fingerprint density at radius 3 is 2.52 bits per heavy atom. The van der Waals surface area contributed by atoms with Crippen molar-refractivity contribution in [2.24, 2.45) is 11.7 Å². The topological polar surface area (TPSA) is 78.6 Å². The molecule has 21 heavy (non-hydrogen) atoms. The van der Waals surface area contributed by atoms with Gasteiger partial charge in [0.25, 0.3) is 0 Å². The van der Waals surface area contributed by atoms with Gasteiger partial charge in [-0.05, 0) is 23.6 Å². The Balaban J connectivity index is 2.33. The molecule has 0 aromatic heterocycles. The smallest absolute Gasteiger partial charge is 0.180 e. The first kappa shape index (κ1) is 18.1. The average molecular weight is 315 g/mol. The molecule has 5 nitrogen and oxygen atoms in total. The second-order valence-electron chi connectivity index (χ2n) is 5.25. The van der Waals surface area contributed by atoms with E-state index in [4.69, 9.17) is 15.2 Å². The third-order valence-electron chi connectivity index (χ3n) is 2.81. The number of sulfone groups is 1. The molecule has 0 spiro atoms. The monoisotopic (exact) mass is 315 g/mol. The van der Waals surface area contributed by atoms with E-state index in [9.17, 15) is 8.42 Å². The van der Waals surface area contributed by atoms with Crippen LogP contribution in [0.25, 0.3) is 0 Å². The summed E-state index contributed by atoms with van der Waals surface area (Å²) in [6.07, 6.45) is 0. The van der Waals surface area contributed by atoms with Gasteiger partial charge < -0.3 is 15.2 Å². The highest BCUT2D eigenvalue weighted by atomic mass is 32.2. The minimum absolute atomic E-state index is 0.0365. The summed E-state index contributed by atoms with van der Waals surface area (Å²) in [6, 6.07) is 6.71. The lowest BCUT2D eigenvalue weighted by molar-refractivity contribution is 0.0427. The quantitative estimate of drug-likeness (QED) is 0.664. The minimum atomic E-state index is -3.32. The second kappa shape index (κ2) is 9.15. The summed E-state index contributed by atoms with van der Waals surface area (Å²) in [5.74, 6) is 0.450. The van der Waals surface area contributed by atoms with Crippen LogP contribution in [0.2, 0.25) is 0 Å². The van der Waals surface area contributed by atoms with Gasteiger partial charge in [-0.2, -0.15) is 0 Å². The van der Waals surface area contributed by atoms with E-state index in [1.54, 1.807) is 18.2 Å². The Morgan fingerprint density at radius 1 is 1.14 bits per heavy atom. The molecular weight excluding hydrogens is 290 g/mol. The van der Waals surface area contributed by atoms with Crippen LogP contribution in [0.3, 0.4) is 0 Å². The summed E-state index contributed by atoms with van der Waals surface area (Å²) in [5, 5.41) is 0. The zero-order chi connectivity index (χ0) is 15.7. The molecule has 0 saturated heterocycles. The highest BCUT2D eigenvalue weighted by Gasteiger charge is 2.14. The highest BCUT2D eigenvalue weighted by Crippen LogP contribution is 2.13. The molecule has 120 valence electrons. The van der Waals surface area contributed by atoms with E-state index in [-0.39, 0.29) is 12.4 Å². The van der Waals surface area contributed by atoms with Crippen molar-refractivity contribution in [1.29, 1.82) is 0 Å². The molecule has 1 aromatic carbocycles. The van der Waals surface area contributed by atoms with E-state index < -0.39 is 9.84 Å². The molecule has 0 atom stereocenters. The standard InChI is InChI=1S/C15H25NO4S/c1-13(2)12-20-7-6-19-8-9-21(17,18)15-5-3-4-14(10-15)11-16/h3-5,10,13H,6-9,11-12,16H2,1-2H3. The van der Waals surface area contributed by atoms with E-state index in [2.05, 4.69) is 13.8 Å². The van der Waals surface area contributed by atoms with Gasteiger partial charge >= 0.3 is 0 Å². The van der Waals surface area contributed by atoms with Crippen molar-refractivity contribution in [3.63, 3.8) is 0 Å². The second-order valence-corrected chi connectivity index (χ2v) is 7.36. The Kier molecular flexibility index (Phi) is 7.88. The summed E-state index contributed by atoms with van der Waals surface area (Å²) < 4.78 is 34.9. The molecule has 0 amide bonds. The van der Waals surface area contributed by atoms with E-state index >= 15 is 0 Å². The Morgan fingerprint density at radius 2 is 1.86 bits per heavy atom. The Bertz CT molecular complexity index is 514. The number of rotatable bonds is 10. The fourth-order valence-electron chi connectivity index (χ4n) is 1.69. The lowest BCUT2D eigenvalue weighted by atomic mass is 10.2. The predicted molar refractivity (Wildman–Crippen MR) is 82.9 cm³/mol. The molecule has 0 radical (unpaired) electrons. The van der Waals surface area contributed by atoms with Crippen LogP contribution >= 0.6 is 0 Å². The first-order valence-corrected chi connectivity index (χ1v) is 8.78. The molecular formula is C15H25NO4S. The van der Waals surface area contributed by atoms with Crippen molar-refractivity contribution in [1.82, 2.24) is 0 Å². The molecule has 1 rings (SSSR count). The van der Waals surface area contributed by atoms with Gasteiger partial charge in [0, 0.05) is 13.2 Å². The van der Waals surface area contributed by atoms with Crippen LogP contribution in [0.15, 0.2) is 29.2 Å². The molecule has 0 aliphatic heterocycles.